The fourth-order valence-electron chi connectivity index (χ4n) is 4.00. The van der Waals surface area contributed by atoms with Crippen LogP contribution in [0.15, 0.2) is 42.5 Å². The maximum Gasteiger partial charge on any atom is 0.127 e. The molecule has 0 radical (unpaired) electrons. The molecule has 0 saturated heterocycles. The number of methoxy groups -OCH3 is 1. The van der Waals surface area contributed by atoms with Crippen molar-refractivity contribution in [3.8, 4) is 17.2 Å². The summed E-state index contributed by atoms with van der Waals surface area (Å²) in [6.07, 6.45) is 3.67. The monoisotopic (exact) mass is 296 g/mol. The Balaban J connectivity index is 1.73. The molecule has 1 aliphatic heterocycles. The van der Waals surface area contributed by atoms with E-state index in [4.69, 9.17) is 9.47 Å². The molecule has 1 heterocycles. The van der Waals surface area contributed by atoms with Crippen molar-refractivity contribution < 1.29 is 14.6 Å². The average Bonchev–Trinajstić information content (AvgIpc) is 3.04. The van der Waals surface area contributed by atoms with Crippen LogP contribution in [0.5, 0.6) is 17.2 Å². The van der Waals surface area contributed by atoms with Crippen LogP contribution in [0.3, 0.4) is 0 Å². The van der Waals surface area contributed by atoms with Gasteiger partial charge in [0.2, 0.25) is 0 Å². The molecule has 0 unspecified atom stereocenters. The van der Waals surface area contributed by atoms with Crippen molar-refractivity contribution in [1.82, 2.24) is 0 Å². The van der Waals surface area contributed by atoms with Gasteiger partial charge in [-0.3, -0.25) is 0 Å². The molecule has 0 aromatic heterocycles. The molecule has 3 heteroatoms. The Morgan fingerprint density at radius 3 is 2.68 bits per heavy atom. The molecule has 1 fully saturated rings. The van der Waals surface area contributed by atoms with Gasteiger partial charge in [0.15, 0.2) is 0 Å². The molecule has 0 spiro atoms. The van der Waals surface area contributed by atoms with Crippen LogP contribution in [0, 0.1) is 5.92 Å². The van der Waals surface area contributed by atoms with Crippen LogP contribution < -0.4 is 9.47 Å². The highest BCUT2D eigenvalue weighted by molar-refractivity contribution is 5.45. The van der Waals surface area contributed by atoms with E-state index in [9.17, 15) is 5.11 Å². The molecule has 0 amide bonds. The number of aromatic hydroxyl groups is 1. The van der Waals surface area contributed by atoms with E-state index in [1.165, 1.54) is 30.4 Å². The second-order valence-electron chi connectivity index (χ2n) is 6.23. The van der Waals surface area contributed by atoms with Crippen molar-refractivity contribution in [2.24, 2.45) is 5.92 Å². The van der Waals surface area contributed by atoms with Gasteiger partial charge in [0.05, 0.1) is 7.11 Å². The van der Waals surface area contributed by atoms with Gasteiger partial charge in [0.25, 0.3) is 0 Å². The number of rotatable bonds is 2. The largest absolute Gasteiger partial charge is 0.508 e. The summed E-state index contributed by atoms with van der Waals surface area (Å²) in [7, 11) is 1.68. The molecule has 0 bridgehead atoms. The average molecular weight is 296 g/mol. The van der Waals surface area contributed by atoms with Crippen molar-refractivity contribution in [1.29, 1.82) is 0 Å². The van der Waals surface area contributed by atoms with Crippen LogP contribution in [0.2, 0.25) is 0 Å². The van der Waals surface area contributed by atoms with Crippen molar-refractivity contribution in [3.63, 3.8) is 0 Å². The molecule has 1 N–H and O–H groups in total. The number of hydrogen-bond acceptors (Lipinski definition) is 3. The Morgan fingerprint density at radius 2 is 1.91 bits per heavy atom. The molecule has 1 aliphatic carbocycles. The van der Waals surface area contributed by atoms with Crippen LogP contribution in [0.4, 0.5) is 0 Å². The molecule has 114 valence electrons. The lowest BCUT2D eigenvalue weighted by Gasteiger charge is -2.36. The first-order valence-corrected chi connectivity index (χ1v) is 7.90. The molecular weight excluding hydrogens is 276 g/mol. The standard InChI is InChI=1S/C19H20O3/c1-21-14-8-5-12(6-9-14)19-16-4-2-3-15(16)17-11-13(20)7-10-18(17)22-19/h5-11,15-16,19-20H,2-4H2,1H3/t15-,16+,19+/m0/s1. The van der Waals surface area contributed by atoms with Gasteiger partial charge >= 0.3 is 0 Å². The zero-order chi connectivity index (χ0) is 15.1. The van der Waals surface area contributed by atoms with Gasteiger partial charge in [0.1, 0.15) is 23.4 Å². The quantitative estimate of drug-likeness (QED) is 0.891. The summed E-state index contributed by atoms with van der Waals surface area (Å²) in [5.74, 6) is 3.09. The highest BCUT2D eigenvalue weighted by Gasteiger charge is 2.41. The third-order valence-corrected chi connectivity index (χ3v) is 5.05. The van der Waals surface area contributed by atoms with E-state index in [1.807, 2.05) is 24.3 Å². The van der Waals surface area contributed by atoms with Crippen molar-refractivity contribution in [2.45, 2.75) is 31.3 Å². The van der Waals surface area contributed by atoms with E-state index in [0.717, 1.165) is 11.5 Å². The lowest BCUT2D eigenvalue weighted by Crippen LogP contribution is -2.26. The molecule has 2 aromatic rings. The number of hydrogen-bond donors (Lipinski definition) is 1. The zero-order valence-electron chi connectivity index (χ0n) is 12.7. The van der Waals surface area contributed by atoms with Crippen molar-refractivity contribution in [2.75, 3.05) is 7.11 Å². The topological polar surface area (TPSA) is 38.7 Å². The zero-order valence-corrected chi connectivity index (χ0v) is 12.7. The third-order valence-electron chi connectivity index (χ3n) is 5.05. The lowest BCUT2D eigenvalue weighted by molar-refractivity contribution is 0.104. The van der Waals surface area contributed by atoms with Gasteiger partial charge in [-0.2, -0.15) is 0 Å². The Labute approximate surface area is 130 Å². The Bertz CT molecular complexity index is 678. The van der Waals surface area contributed by atoms with E-state index < -0.39 is 0 Å². The van der Waals surface area contributed by atoms with Crippen LogP contribution in [0.1, 0.15) is 42.4 Å². The smallest absolute Gasteiger partial charge is 0.127 e. The first-order chi connectivity index (χ1) is 10.8. The predicted octanol–water partition coefficient (Wildman–Crippen LogP) is 4.42. The summed E-state index contributed by atoms with van der Waals surface area (Å²) in [5, 5.41) is 9.78. The number of fused-ring (bicyclic) bond motifs is 3. The molecular formula is C19H20O3. The van der Waals surface area contributed by atoms with Gasteiger partial charge < -0.3 is 14.6 Å². The summed E-state index contributed by atoms with van der Waals surface area (Å²) in [5.41, 5.74) is 2.38. The molecule has 3 atom stereocenters. The van der Waals surface area contributed by atoms with E-state index in [2.05, 4.69) is 12.1 Å². The minimum atomic E-state index is 0.0930. The Kier molecular flexibility index (Phi) is 3.21. The highest BCUT2D eigenvalue weighted by Crippen LogP contribution is 2.54. The third kappa shape index (κ3) is 2.12. The summed E-state index contributed by atoms with van der Waals surface area (Å²) < 4.78 is 11.6. The highest BCUT2D eigenvalue weighted by atomic mass is 16.5. The fourth-order valence-corrected chi connectivity index (χ4v) is 4.00. The second-order valence-corrected chi connectivity index (χ2v) is 6.23. The second kappa shape index (κ2) is 5.24. The summed E-state index contributed by atoms with van der Waals surface area (Å²) in [6, 6.07) is 13.7. The van der Waals surface area contributed by atoms with Crippen molar-refractivity contribution >= 4 is 0 Å². The molecule has 22 heavy (non-hydrogen) atoms. The van der Waals surface area contributed by atoms with Gasteiger partial charge in [-0.25, -0.2) is 0 Å². The minimum Gasteiger partial charge on any atom is -0.508 e. The molecule has 2 aromatic carbocycles. The Hall–Kier alpha value is -2.16. The summed E-state index contributed by atoms with van der Waals surface area (Å²) in [6.45, 7) is 0. The molecule has 4 rings (SSSR count). The van der Waals surface area contributed by atoms with Gasteiger partial charge in [-0.05, 0) is 54.7 Å². The maximum absolute atomic E-state index is 9.78. The normalized spacial score (nSPS) is 26.0. The first kappa shape index (κ1) is 13.5. The number of phenols is 1. The van der Waals surface area contributed by atoms with E-state index >= 15 is 0 Å². The van der Waals surface area contributed by atoms with E-state index in [-0.39, 0.29) is 6.10 Å². The number of phenolic OH excluding ortho intramolecular Hbond substituents is 1. The summed E-state index contributed by atoms with van der Waals surface area (Å²) in [4.78, 5) is 0. The lowest BCUT2D eigenvalue weighted by atomic mass is 9.80. The van der Waals surface area contributed by atoms with Crippen LogP contribution >= 0.6 is 0 Å². The maximum atomic E-state index is 9.78. The predicted molar refractivity (Wildman–Crippen MR) is 84.6 cm³/mol. The van der Waals surface area contributed by atoms with Gasteiger partial charge in [0, 0.05) is 11.5 Å². The Morgan fingerprint density at radius 1 is 1.09 bits per heavy atom. The molecule has 3 nitrogen and oxygen atoms in total. The SMILES string of the molecule is COc1ccc([C@H]2Oc3ccc(O)cc3[C@H]3CCC[C@H]32)cc1. The number of ether oxygens (including phenoxy) is 2. The van der Waals surface area contributed by atoms with E-state index in [1.54, 1.807) is 13.2 Å². The number of benzene rings is 2. The van der Waals surface area contributed by atoms with Crippen LogP contribution in [-0.2, 0) is 0 Å². The van der Waals surface area contributed by atoms with E-state index in [0.29, 0.717) is 17.6 Å². The summed E-state index contributed by atoms with van der Waals surface area (Å²) >= 11 is 0. The fraction of sp³-hybridized carbons (Fsp3) is 0.368. The van der Waals surface area contributed by atoms with Crippen LogP contribution in [0.25, 0.3) is 0 Å². The minimum absolute atomic E-state index is 0.0930. The van der Waals surface area contributed by atoms with Crippen molar-refractivity contribution in [3.05, 3.63) is 53.6 Å². The van der Waals surface area contributed by atoms with Gasteiger partial charge in [-0.1, -0.05) is 18.6 Å². The molecule has 1 saturated carbocycles. The van der Waals surface area contributed by atoms with Gasteiger partial charge in [-0.15, -0.1) is 0 Å². The van der Waals surface area contributed by atoms with Crippen LogP contribution in [-0.4, -0.2) is 12.2 Å². The molecule has 2 aliphatic rings. The first-order valence-electron chi connectivity index (χ1n) is 7.90.